The number of epoxide rings is 2. The smallest absolute Gasteiger partial charge is 0.122 e. The van der Waals surface area contributed by atoms with Gasteiger partial charge in [-0.05, 0) is 234 Å². The van der Waals surface area contributed by atoms with Crippen molar-refractivity contribution in [3.05, 3.63) is 236 Å². The molecule has 13 rings (SSSR count). The van der Waals surface area contributed by atoms with Gasteiger partial charge in [0.1, 0.15) is 86.3 Å². The first-order chi connectivity index (χ1) is 53.9. The van der Waals surface area contributed by atoms with Gasteiger partial charge in [-0.3, -0.25) is 4.90 Å². The van der Waals surface area contributed by atoms with Crippen LogP contribution in [0.3, 0.4) is 0 Å². The molecule has 6 unspecified atom stereocenters. The molecular weight excluding hydrogens is 1380 g/mol. The summed E-state index contributed by atoms with van der Waals surface area (Å²) in [5.41, 5.74) is 30.1. The number of aryl methyl sites for hydroxylation is 6. The zero-order chi connectivity index (χ0) is 77.4. The monoisotopic (exact) mass is 1500 g/mol. The third-order valence-electron chi connectivity index (χ3n) is 20.9. The quantitative estimate of drug-likeness (QED) is 0.0182. The molecule has 16 nitrogen and oxygen atoms in total. The van der Waals surface area contributed by atoms with Crippen LogP contribution in [0.4, 0.5) is 11.4 Å². The molecule has 4 bridgehead atoms. The fourth-order valence-electron chi connectivity index (χ4n) is 14.5. The first-order valence-corrected chi connectivity index (χ1v) is 41.2. The molecule has 4 heterocycles. The second-order valence-electron chi connectivity index (χ2n) is 30.2. The fourth-order valence-corrected chi connectivity index (χ4v) is 14.5. The molecule has 1 saturated carbocycles. The molecule has 0 amide bonds. The van der Waals surface area contributed by atoms with E-state index in [-0.39, 0.29) is 65.1 Å². The van der Waals surface area contributed by atoms with E-state index in [0.29, 0.717) is 39.1 Å². The van der Waals surface area contributed by atoms with Gasteiger partial charge in [0.05, 0.1) is 63.8 Å². The van der Waals surface area contributed by atoms with E-state index in [9.17, 15) is 20.4 Å². The van der Waals surface area contributed by atoms with Crippen LogP contribution in [0.15, 0.2) is 158 Å². The molecular formula is C94H126N4O12. The maximum absolute atomic E-state index is 11.0. The standard InChI is InChI=1S/C58H76N2O8.C25H32O4.C8H12N2.C3H6/c1-5-9-42-15-23-57-48(27-42)30-49-28-43(10-6-2)16-24-58(49)68-40-54(36-64)60(53(35-63)39-67-57)50-19-13-41(14-20-50)25-26-59-51(33-61)37-65-55-21-17-44(11-7-3)46(31-55)29-47-32-56(66-38-52(59)34-62)22-18-45(47)12-8-4;1-3-5-18-7-9-22(26-14-24-16-28-24)12-20(18)11-21-13-23(27-15-25-17-29-25)10-8-19(21)6-4-2;9-6-5-7-1-3-8(10)4-2-7;1-2-3-1/h13-24,27-28,31-32,51-54,61-64H,5-12,25-26,29-30,33-40H2,1-4H3;7-10,12-13,24-25H,3-6,11,14-17H2,1-2H3;1-4H,5-6,9-10H2;1-3H2. The van der Waals surface area contributed by atoms with Crippen LogP contribution >= 0.6 is 0 Å². The van der Waals surface area contributed by atoms with Gasteiger partial charge in [-0.15, -0.1) is 0 Å². The van der Waals surface area contributed by atoms with Gasteiger partial charge in [0.2, 0.25) is 0 Å². The number of benzene rings is 8. The van der Waals surface area contributed by atoms with Crippen LogP contribution < -0.4 is 44.8 Å². The van der Waals surface area contributed by atoms with Gasteiger partial charge >= 0.3 is 0 Å². The fraction of sp³-hybridized carbons (Fsp3) is 0.489. The summed E-state index contributed by atoms with van der Waals surface area (Å²) < 4.78 is 48.7. The molecule has 5 aliphatic rings. The maximum Gasteiger partial charge on any atom is 0.122 e. The predicted octanol–water partition coefficient (Wildman–Crippen LogP) is 15.4. The number of nitrogens with zero attached hydrogens (tertiary/aromatic N) is 2. The summed E-state index contributed by atoms with van der Waals surface area (Å²) in [5, 5.41) is 43.8. The normalized spacial score (nSPS) is 18.6. The molecule has 3 fully saturated rings. The lowest BCUT2D eigenvalue weighted by Crippen LogP contribution is -2.52. The van der Waals surface area contributed by atoms with Gasteiger partial charge in [0.15, 0.2) is 0 Å². The highest BCUT2D eigenvalue weighted by Crippen LogP contribution is 2.35. The average Bonchev–Trinajstić information content (AvgIpc) is 1.60. The van der Waals surface area contributed by atoms with Crippen LogP contribution in [0.25, 0.3) is 0 Å². The molecule has 2 saturated heterocycles. The minimum atomic E-state index is -0.486. The molecule has 0 spiro atoms. The van der Waals surface area contributed by atoms with Crippen molar-refractivity contribution in [3.63, 3.8) is 0 Å². The molecule has 594 valence electrons. The van der Waals surface area contributed by atoms with Crippen molar-refractivity contribution >= 4 is 11.4 Å². The number of aliphatic hydroxyl groups excluding tert-OH is 4. The average molecular weight is 1500 g/mol. The Hall–Kier alpha value is -8.16. The molecule has 1 aliphatic carbocycles. The first-order valence-electron chi connectivity index (χ1n) is 41.2. The van der Waals surface area contributed by atoms with Crippen molar-refractivity contribution in [2.75, 3.05) is 103 Å². The minimum Gasteiger partial charge on any atom is -0.492 e. The number of fused-ring (bicyclic) bond motifs is 6. The van der Waals surface area contributed by atoms with Crippen LogP contribution in [-0.2, 0) is 80.1 Å². The second-order valence-corrected chi connectivity index (χ2v) is 30.2. The molecule has 0 aromatic heterocycles. The number of hydrogen-bond donors (Lipinski definition) is 6. The van der Waals surface area contributed by atoms with E-state index in [1.165, 1.54) is 80.5 Å². The number of aliphatic hydroxyl groups is 4. The van der Waals surface area contributed by atoms with E-state index >= 15 is 0 Å². The van der Waals surface area contributed by atoms with Gasteiger partial charge in [-0.2, -0.15) is 0 Å². The van der Waals surface area contributed by atoms with Crippen molar-refractivity contribution in [2.45, 2.75) is 206 Å². The third-order valence-corrected chi connectivity index (χ3v) is 20.9. The Bertz CT molecular complexity index is 3820. The minimum absolute atomic E-state index is 0.162. The maximum atomic E-state index is 11.0. The van der Waals surface area contributed by atoms with Gasteiger partial charge in [0, 0.05) is 24.3 Å². The second kappa shape index (κ2) is 44.8. The van der Waals surface area contributed by atoms with Crippen molar-refractivity contribution in [1.29, 1.82) is 0 Å². The highest BCUT2D eigenvalue weighted by atomic mass is 16.6. The molecule has 6 atom stereocenters. The number of nitrogen functional groups attached to an aromatic ring is 1. The summed E-state index contributed by atoms with van der Waals surface area (Å²) in [6, 6.07) is 52.9. The number of rotatable bonds is 30. The Labute approximate surface area is 656 Å². The van der Waals surface area contributed by atoms with E-state index in [1.54, 1.807) is 0 Å². The SMILES string of the molecule is C1CC1.CCCc1ccc(OCC2CO2)cc1Cc1cc(OCC2CO2)ccc1CCC.CCCc1ccc2c(c1)Cc1cc(CCC)ccc1OCC(CO)N(c1ccc(CCN3C(CO)COc4ccc(CCC)c(c4)Cc4cc(ccc4CCC)OCC3CO)cc1)C(CO)CO2.NCCc1ccc(N)cc1. The van der Waals surface area contributed by atoms with E-state index in [0.717, 1.165) is 172 Å². The van der Waals surface area contributed by atoms with Gasteiger partial charge in [-0.1, -0.05) is 172 Å². The summed E-state index contributed by atoms with van der Waals surface area (Å²) in [7, 11) is 0. The Morgan fingerprint density at radius 2 is 0.782 bits per heavy atom. The Morgan fingerprint density at radius 3 is 1.20 bits per heavy atom. The zero-order valence-corrected chi connectivity index (χ0v) is 66.6. The summed E-state index contributed by atoms with van der Waals surface area (Å²) in [6.07, 6.45) is 21.4. The molecule has 4 aliphatic heterocycles. The molecule has 8 aromatic carbocycles. The van der Waals surface area contributed by atoms with E-state index in [1.807, 2.05) is 53.4 Å². The van der Waals surface area contributed by atoms with E-state index in [2.05, 4.69) is 156 Å². The van der Waals surface area contributed by atoms with Crippen LogP contribution in [0.2, 0.25) is 0 Å². The summed E-state index contributed by atoms with van der Waals surface area (Å²) in [6.45, 7) is 17.6. The van der Waals surface area contributed by atoms with Gasteiger partial charge in [-0.25, -0.2) is 0 Å². The molecule has 8 aromatic rings. The Balaban J connectivity index is 0.000000247. The van der Waals surface area contributed by atoms with Crippen LogP contribution in [0.5, 0.6) is 34.5 Å². The number of hydrogen-bond acceptors (Lipinski definition) is 16. The van der Waals surface area contributed by atoms with Crippen molar-refractivity contribution in [2.24, 2.45) is 5.73 Å². The lowest BCUT2D eigenvalue weighted by molar-refractivity contribution is 0.0109. The van der Waals surface area contributed by atoms with Crippen molar-refractivity contribution < 1.29 is 58.3 Å². The Kier molecular flexibility index (Phi) is 34.3. The highest BCUT2D eigenvalue weighted by Gasteiger charge is 2.32. The molecule has 0 radical (unpaired) electrons. The molecule has 16 heteroatoms. The van der Waals surface area contributed by atoms with Crippen LogP contribution in [-0.4, -0.2) is 154 Å². The van der Waals surface area contributed by atoms with Crippen molar-refractivity contribution in [1.82, 2.24) is 4.90 Å². The largest absolute Gasteiger partial charge is 0.492 e. The van der Waals surface area contributed by atoms with Gasteiger partial charge < -0.3 is 74.7 Å². The molecule has 110 heavy (non-hydrogen) atoms. The summed E-state index contributed by atoms with van der Waals surface area (Å²) in [5.74, 6) is 4.97. The lowest BCUT2D eigenvalue weighted by atomic mass is 9.92. The topological polar surface area (TPSA) is 220 Å². The van der Waals surface area contributed by atoms with E-state index < -0.39 is 24.2 Å². The predicted molar refractivity (Wildman–Crippen MR) is 444 cm³/mol. The first kappa shape index (κ1) is 84.3. The third kappa shape index (κ3) is 26.2. The highest BCUT2D eigenvalue weighted by molar-refractivity contribution is 5.52. The van der Waals surface area contributed by atoms with E-state index in [4.69, 9.17) is 49.4 Å². The number of nitrogens with two attached hydrogens (primary N) is 2. The number of anilines is 2. The van der Waals surface area contributed by atoms with Gasteiger partial charge in [0.25, 0.3) is 0 Å². The van der Waals surface area contributed by atoms with Crippen LogP contribution in [0, 0.1) is 0 Å². The Morgan fingerprint density at radius 1 is 0.382 bits per heavy atom. The lowest BCUT2D eigenvalue weighted by Gasteiger charge is -2.39. The number of ether oxygens (including phenoxy) is 8. The summed E-state index contributed by atoms with van der Waals surface area (Å²) in [4.78, 5) is 4.17. The van der Waals surface area contributed by atoms with Crippen LogP contribution in [0.1, 0.15) is 177 Å². The van der Waals surface area contributed by atoms with Crippen molar-refractivity contribution in [3.8, 4) is 34.5 Å². The molecule has 8 N–H and O–H groups in total. The zero-order valence-electron chi connectivity index (χ0n) is 66.6. The summed E-state index contributed by atoms with van der Waals surface area (Å²) >= 11 is 0.